The molecule has 3 aromatic rings. The molecule has 0 aliphatic carbocycles. The van der Waals surface area contributed by atoms with Crippen LogP contribution in [0.2, 0.25) is 10.0 Å². The maximum absolute atomic E-state index is 14.5. The van der Waals surface area contributed by atoms with E-state index in [1.165, 1.54) is 18.2 Å². The monoisotopic (exact) mass is 484 g/mol. The average Bonchev–Trinajstić information content (AvgIpc) is 3.14. The van der Waals surface area contributed by atoms with Crippen molar-refractivity contribution in [2.75, 3.05) is 23.3 Å². The van der Waals surface area contributed by atoms with Crippen LogP contribution >= 0.6 is 23.2 Å². The van der Waals surface area contributed by atoms with Crippen LogP contribution in [0.15, 0.2) is 30.3 Å². The Morgan fingerprint density at radius 3 is 2.53 bits per heavy atom. The molecule has 32 heavy (non-hydrogen) atoms. The molecule has 5 rings (SSSR count). The molecule has 8 nitrogen and oxygen atoms in total. The molecule has 1 saturated heterocycles. The summed E-state index contributed by atoms with van der Waals surface area (Å²) in [5.74, 6) is -2.61. The van der Waals surface area contributed by atoms with Crippen LogP contribution in [0, 0.1) is 0 Å². The number of carbonyl (C=O) groups is 2. The lowest BCUT2D eigenvalue weighted by Gasteiger charge is -2.33. The van der Waals surface area contributed by atoms with E-state index in [-0.39, 0.29) is 26.8 Å². The maximum Gasteiger partial charge on any atom is 0.440 e. The fourth-order valence-corrected chi connectivity index (χ4v) is 4.04. The van der Waals surface area contributed by atoms with Gasteiger partial charge in [-0.15, -0.1) is 0 Å². The number of carbonyl (C=O) groups excluding carboxylic acids is 2. The third-order valence-corrected chi connectivity index (χ3v) is 6.16. The zero-order valence-electron chi connectivity index (χ0n) is 16.0. The number of anilines is 2. The summed E-state index contributed by atoms with van der Waals surface area (Å²) in [5.41, 5.74) is -3.78. The molecule has 2 N–H and O–H groups in total. The number of nitrogens with one attached hydrogen (secondary N) is 2. The highest BCUT2D eigenvalue weighted by molar-refractivity contribution is 6.42. The van der Waals surface area contributed by atoms with Crippen molar-refractivity contribution < 1.29 is 22.8 Å². The number of rotatable bonds is 3. The predicted octanol–water partition coefficient (Wildman–Crippen LogP) is 3.55. The third-order valence-electron chi connectivity index (χ3n) is 5.44. The molecule has 1 unspecified atom stereocenters. The first-order valence-corrected chi connectivity index (χ1v) is 10.2. The Bertz CT molecular complexity index is 1290. The molecule has 166 valence electrons. The summed E-state index contributed by atoms with van der Waals surface area (Å²) in [7, 11) is 0. The molecule has 1 atom stereocenters. The van der Waals surface area contributed by atoms with Crippen molar-refractivity contribution in [1.29, 1.82) is 0 Å². The summed E-state index contributed by atoms with van der Waals surface area (Å²) in [4.78, 5) is 35.6. The molecule has 4 heterocycles. The highest BCUT2D eigenvalue weighted by Crippen LogP contribution is 2.45. The second-order valence-electron chi connectivity index (χ2n) is 7.36. The number of pyridine rings is 1. The lowest BCUT2D eigenvalue weighted by atomic mass is 10.1. The van der Waals surface area contributed by atoms with Crippen molar-refractivity contribution in [3.8, 4) is 0 Å². The van der Waals surface area contributed by atoms with Crippen LogP contribution in [-0.2, 0) is 10.5 Å². The van der Waals surface area contributed by atoms with Gasteiger partial charge in [0.1, 0.15) is 11.5 Å². The Labute approximate surface area is 188 Å². The van der Waals surface area contributed by atoms with E-state index in [4.69, 9.17) is 23.2 Å². The molecular weight excluding hydrogens is 472 g/mol. The Balaban J connectivity index is 1.63. The van der Waals surface area contributed by atoms with E-state index in [0.717, 1.165) is 25.6 Å². The van der Waals surface area contributed by atoms with Gasteiger partial charge in [0.25, 0.3) is 17.5 Å². The van der Waals surface area contributed by atoms with Gasteiger partial charge in [0.05, 0.1) is 21.1 Å². The number of aromatic nitrogens is 3. The van der Waals surface area contributed by atoms with Crippen LogP contribution in [0.5, 0.6) is 0 Å². The van der Waals surface area contributed by atoms with Crippen molar-refractivity contribution in [2.45, 2.75) is 18.3 Å². The van der Waals surface area contributed by atoms with Crippen LogP contribution < -0.4 is 15.5 Å². The van der Waals surface area contributed by atoms with Gasteiger partial charge in [-0.25, -0.2) is 9.97 Å². The van der Waals surface area contributed by atoms with Gasteiger partial charge in [0.15, 0.2) is 0 Å². The highest BCUT2D eigenvalue weighted by Gasteiger charge is 2.67. The van der Waals surface area contributed by atoms with Crippen molar-refractivity contribution in [3.05, 3.63) is 46.1 Å². The Morgan fingerprint density at radius 1 is 1.16 bits per heavy atom. The predicted molar refractivity (Wildman–Crippen MR) is 111 cm³/mol. The summed E-state index contributed by atoms with van der Waals surface area (Å²) < 4.78 is 44.0. The van der Waals surface area contributed by atoms with E-state index >= 15 is 0 Å². The van der Waals surface area contributed by atoms with Crippen LogP contribution in [-0.4, -0.2) is 45.6 Å². The molecule has 2 aliphatic rings. The molecule has 0 spiro atoms. The van der Waals surface area contributed by atoms with Gasteiger partial charge >= 0.3 is 6.18 Å². The van der Waals surface area contributed by atoms with E-state index in [2.05, 4.69) is 15.3 Å². The zero-order chi connectivity index (χ0) is 22.8. The van der Waals surface area contributed by atoms with Gasteiger partial charge in [0, 0.05) is 13.1 Å². The van der Waals surface area contributed by atoms with E-state index < -0.39 is 29.6 Å². The van der Waals surface area contributed by atoms with Crippen LogP contribution in [0.25, 0.3) is 11.0 Å². The Hall–Kier alpha value is -3.05. The number of nitrogens with zero attached hydrogens (tertiary/aromatic N) is 4. The number of hydrogen-bond acceptors (Lipinski definition) is 5. The van der Waals surface area contributed by atoms with Gasteiger partial charge < -0.3 is 10.2 Å². The zero-order valence-corrected chi connectivity index (χ0v) is 17.5. The summed E-state index contributed by atoms with van der Waals surface area (Å²) in [5, 5.41) is 4.00. The molecular formula is C19H13Cl2F3N6O2. The Kier molecular flexibility index (Phi) is 4.54. The molecule has 13 heteroatoms. The van der Waals surface area contributed by atoms with E-state index in [9.17, 15) is 22.8 Å². The lowest BCUT2D eigenvalue weighted by molar-refractivity contribution is -0.213. The van der Waals surface area contributed by atoms with Crippen LogP contribution in [0.1, 0.15) is 16.9 Å². The summed E-state index contributed by atoms with van der Waals surface area (Å²) in [6.07, 6.45) is -4.27. The van der Waals surface area contributed by atoms with Crippen molar-refractivity contribution in [1.82, 2.24) is 19.9 Å². The van der Waals surface area contributed by atoms with Gasteiger partial charge in [-0.1, -0.05) is 29.3 Å². The largest absolute Gasteiger partial charge is 0.440 e. The molecule has 0 saturated carbocycles. The minimum Gasteiger partial charge on any atom is -0.356 e. The molecule has 1 aromatic carbocycles. The molecule has 2 aliphatic heterocycles. The number of halogens is 5. The minimum absolute atomic E-state index is 0.0347. The topological polar surface area (TPSA) is 92.2 Å². The van der Waals surface area contributed by atoms with Crippen LogP contribution in [0.3, 0.4) is 0 Å². The van der Waals surface area contributed by atoms with Gasteiger partial charge in [-0.05, 0) is 30.7 Å². The summed E-state index contributed by atoms with van der Waals surface area (Å²) in [6.45, 7) is 1.47. The first kappa shape index (κ1) is 20.8. The SMILES string of the molecule is O=C(NC1(C(F)(F)F)C(=O)Nc2nc3cc(Cl)c(Cl)cc3n21)c1cccc(N2CCC2)n1. The van der Waals surface area contributed by atoms with Gasteiger partial charge in [-0.3, -0.25) is 19.5 Å². The first-order chi connectivity index (χ1) is 15.1. The fraction of sp³-hybridized carbons (Fsp3) is 0.263. The number of hydrogen-bond donors (Lipinski definition) is 2. The number of amides is 2. The average molecular weight is 485 g/mol. The quantitative estimate of drug-likeness (QED) is 0.593. The summed E-state index contributed by atoms with van der Waals surface area (Å²) in [6, 6.07) is 6.89. The second-order valence-corrected chi connectivity index (χ2v) is 8.18. The van der Waals surface area contributed by atoms with Crippen LogP contribution in [0.4, 0.5) is 24.9 Å². The second kappa shape index (κ2) is 6.97. The molecule has 0 radical (unpaired) electrons. The fourth-order valence-electron chi connectivity index (χ4n) is 3.73. The molecule has 0 bridgehead atoms. The normalized spacial score (nSPS) is 20.2. The standard InChI is InChI=1S/C19H13Cl2F3N6O2/c20-9-7-12-13(8-10(9)21)30-17(26-12)27-16(32)18(30,19(22,23)24)28-15(31)11-3-1-4-14(25-11)29-5-2-6-29/h1,3-4,7-8H,2,5-6H2,(H,28,31)(H,26,27,32). The smallest absolute Gasteiger partial charge is 0.356 e. The number of alkyl halides is 3. The van der Waals surface area contributed by atoms with Gasteiger partial charge in [-0.2, -0.15) is 13.2 Å². The van der Waals surface area contributed by atoms with E-state index in [0.29, 0.717) is 10.4 Å². The minimum atomic E-state index is -5.23. The lowest BCUT2D eigenvalue weighted by Crippen LogP contribution is -2.63. The highest BCUT2D eigenvalue weighted by atomic mass is 35.5. The molecule has 2 amide bonds. The van der Waals surface area contributed by atoms with Gasteiger partial charge in [0.2, 0.25) is 5.95 Å². The maximum atomic E-state index is 14.5. The van der Waals surface area contributed by atoms with Crippen molar-refractivity contribution in [2.24, 2.45) is 0 Å². The van der Waals surface area contributed by atoms with E-state index in [1.807, 2.05) is 10.2 Å². The Morgan fingerprint density at radius 2 is 1.88 bits per heavy atom. The first-order valence-electron chi connectivity index (χ1n) is 9.42. The van der Waals surface area contributed by atoms with Crippen molar-refractivity contribution in [3.63, 3.8) is 0 Å². The third kappa shape index (κ3) is 2.91. The summed E-state index contributed by atoms with van der Waals surface area (Å²) >= 11 is 11.9. The number of imidazole rings is 1. The molecule has 1 fully saturated rings. The number of benzene rings is 1. The van der Waals surface area contributed by atoms with E-state index in [1.54, 1.807) is 6.07 Å². The molecule has 2 aromatic heterocycles. The number of fused-ring (bicyclic) bond motifs is 3. The van der Waals surface area contributed by atoms with Crippen molar-refractivity contribution >= 4 is 57.8 Å².